The lowest BCUT2D eigenvalue weighted by atomic mass is 9.92. The number of nitrogens with one attached hydrogen (secondary N) is 1. The van der Waals surface area contributed by atoms with Gasteiger partial charge in [-0.3, -0.25) is 19.3 Å². The van der Waals surface area contributed by atoms with Crippen molar-refractivity contribution in [3.8, 4) is 16.9 Å². The second-order valence-corrected chi connectivity index (χ2v) is 13.9. The van der Waals surface area contributed by atoms with Gasteiger partial charge in [-0.2, -0.15) is 13.2 Å². The van der Waals surface area contributed by atoms with Crippen LogP contribution in [0.2, 0.25) is 0 Å². The van der Waals surface area contributed by atoms with Gasteiger partial charge in [0.15, 0.2) is 0 Å². The first kappa shape index (κ1) is 42.3. The smallest absolute Gasteiger partial charge is 0.391 e. The predicted molar refractivity (Wildman–Crippen MR) is 189 cm³/mol. The van der Waals surface area contributed by atoms with Crippen molar-refractivity contribution in [2.75, 3.05) is 19.7 Å². The van der Waals surface area contributed by atoms with Crippen LogP contribution in [0.5, 0.6) is 5.75 Å². The van der Waals surface area contributed by atoms with E-state index in [0.717, 1.165) is 23.2 Å². The number of piperidine rings is 1. The summed E-state index contributed by atoms with van der Waals surface area (Å²) in [4.78, 5) is 43.0. The van der Waals surface area contributed by atoms with E-state index in [0.29, 0.717) is 21.6 Å². The first-order valence-electron chi connectivity index (χ1n) is 16.9. The molecule has 2 amide bonds. The number of benzene rings is 3. The van der Waals surface area contributed by atoms with Crippen LogP contribution >= 0.6 is 15.9 Å². The highest BCUT2D eigenvalue weighted by Gasteiger charge is 2.46. The Morgan fingerprint density at radius 2 is 1.72 bits per heavy atom. The fourth-order valence-electron chi connectivity index (χ4n) is 6.49. The van der Waals surface area contributed by atoms with E-state index in [1.165, 1.54) is 38.1 Å². The number of halogens is 8. The number of carbonyl (C=O) groups excluding carboxylic acids is 3. The molecule has 0 spiro atoms. The number of amides is 2. The normalized spacial score (nSPS) is 16.2. The Bertz CT molecular complexity index is 1860. The van der Waals surface area contributed by atoms with Crippen molar-refractivity contribution in [2.24, 2.45) is 0 Å². The number of alkyl halides is 5. The molecule has 292 valence electrons. The van der Waals surface area contributed by atoms with Crippen LogP contribution in [0.1, 0.15) is 66.9 Å². The van der Waals surface area contributed by atoms with E-state index >= 15 is 8.78 Å². The lowest BCUT2D eigenvalue weighted by Gasteiger charge is -2.40. The van der Waals surface area contributed by atoms with Crippen LogP contribution in [0, 0.1) is 25.5 Å². The van der Waals surface area contributed by atoms with Gasteiger partial charge in [-0.25, -0.2) is 17.6 Å². The highest BCUT2D eigenvalue weighted by atomic mass is 79.9. The Morgan fingerprint density at radius 3 is 2.31 bits per heavy atom. The number of carbonyl (C=O) groups is 3. The first-order chi connectivity index (χ1) is 25.3. The van der Waals surface area contributed by atoms with Crippen molar-refractivity contribution in [1.29, 1.82) is 0 Å². The van der Waals surface area contributed by atoms with Crippen molar-refractivity contribution in [3.05, 3.63) is 99.7 Å². The third-order valence-corrected chi connectivity index (χ3v) is 9.59. The van der Waals surface area contributed by atoms with E-state index < -0.39 is 104 Å². The van der Waals surface area contributed by atoms with E-state index in [1.807, 2.05) is 0 Å². The van der Waals surface area contributed by atoms with Crippen molar-refractivity contribution in [3.63, 3.8) is 0 Å². The third-order valence-electron chi connectivity index (χ3n) is 9.10. The summed E-state index contributed by atoms with van der Waals surface area (Å²) in [7, 11) is 0. The van der Waals surface area contributed by atoms with Crippen LogP contribution in [0.25, 0.3) is 11.1 Å². The van der Waals surface area contributed by atoms with Crippen LogP contribution in [0.3, 0.4) is 0 Å². The molecule has 1 aliphatic rings. The number of phenolic OH excluding ortho intramolecular Hbond substituents is 1. The summed E-state index contributed by atoms with van der Waals surface area (Å²) in [5.74, 6) is -8.79. The van der Waals surface area contributed by atoms with Crippen LogP contribution < -0.4 is 5.32 Å². The number of rotatable bonds is 13. The molecule has 1 heterocycles. The molecule has 3 atom stereocenters. The molecule has 1 aliphatic heterocycles. The summed E-state index contributed by atoms with van der Waals surface area (Å²) in [6.45, 7) is 6.89. The van der Waals surface area contributed by atoms with E-state index in [2.05, 4.69) is 27.8 Å². The Balaban J connectivity index is 1.86. The molecule has 1 saturated heterocycles. The molecular formula is C38H39BrF7N3O5. The Hall–Kier alpha value is -4.44. The molecule has 2 N–H and O–H groups in total. The number of phenols is 1. The van der Waals surface area contributed by atoms with E-state index in [9.17, 15) is 41.4 Å². The van der Waals surface area contributed by atoms with Gasteiger partial charge in [-0.1, -0.05) is 34.6 Å². The summed E-state index contributed by atoms with van der Waals surface area (Å²) in [5, 5.41) is 13.2. The average Bonchev–Trinajstić information content (AvgIpc) is 3.08. The second kappa shape index (κ2) is 17.4. The topological polar surface area (TPSA) is 99.2 Å². The molecule has 16 heteroatoms. The number of likely N-dealkylation sites (tertiary alicyclic amines) is 1. The van der Waals surface area contributed by atoms with Gasteiger partial charge in [-0.15, -0.1) is 0 Å². The van der Waals surface area contributed by atoms with Crippen molar-refractivity contribution >= 4 is 33.7 Å². The van der Waals surface area contributed by atoms with Gasteiger partial charge in [0.25, 0.3) is 5.92 Å². The number of hydrogen-bond donors (Lipinski definition) is 2. The van der Waals surface area contributed by atoms with Crippen LogP contribution in [0.15, 0.2) is 65.8 Å². The van der Waals surface area contributed by atoms with E-state index in [1.54, 1.807) is 19.1 Å². The summed E-state index contributed by atoms with van der Waals surface area (Å²) in [6.07, 6.45) is -8.37. The average molecular weight is 831 g/mol. The standard InChI is InChI=1S/C38H39BrF7N3O5/c1-5-49(36(53)29(20-38(44,45)46)48-14-12-37(42,43)13-15-48)34(25-18-24(39)10-11-27(25)40)35(52)47-28(19-31(51)54-6-2)26-17-23(16-22(4)33(26)41)32-21(3)8-7-9-30(32)50/h5,7-11,16-18,28-29,34,50H,1,6,12-15,19-20H2,2-4H3,(H,47,52)/t28-,29?,34?/m0/s1. The number of aromatic hydroxyl groups is 1. The van der Waals surface area contributed by atoms with Gasteiger partial charge in [0.05, 0.1) is 31.5 Å². The van der Waals surface area contributed by atoms with Crippen molar-refractivity contribution in [2.45, 2.75) is 76.7 Å². The van der Waals surface area contributed by atoms with Crippen molar-refractivity contribution < 1.29 is 55.0 Å². The van der Waals surface area contributed by atoms with E-state index in [-0.39, 0.29) is 28.0 Å². The largest absolute Gasteiger partial charge is 0.507 e. The Labute approximate surface area is 316 Å². The molecule has 2 unspecified atom stereocenters. The molecule has 1 fully saturated rings. The van der Waals surface area contributed by atoms with Gasteiger partial charge in [-0.05, 0) is 73.9 Å². The minimum absolute atomic E-state index is 0.0489. The Kier molecular flexibility index (Phi) is 13.6. The lowest BCUT2D eigenvalue weighted by Crippen LogP contribution is -2.55. The first-order valence-corrected chi connectivity index (χ1v) is 17.7. The predicted octanol–water partition coefficient (Wildman–Crippen LogP) is 8.59. The zero-order valence-electron chi connectivity index (χ0n) is 29.6. The summed E-state index contributed by atoms with van der Waals surface area (Å²) >= 11 is 3.17. The molecule has 0 bridgehead atoms. The quantitative estimate of drug-likeness (QED) is 0.132. The van der Waals surface area contributed by atoms with Gasteiger partial charge >= 0.3 is 12.1 Å². The number of aryl methyl sites for hydroxylation is 2. The Morgan fingerprint density at radius 1 is 1.06 bits per heavy atom. The lowest BCUT2D eigenvalue weighted by molar-refractivity contribution is -0.167. The van der Waals surface area contributed by atoms with E-state index in [4.69, 9.17) is 4.74 Å². The van der Waals surface area contributed by atoms with Crippen LogP contribution in [-0.4, -0.2) is 70.5 Å². The SMILES string of the molecule is C=CN(C(=O)C(CC(F)(F)F)N1CCC(F)(F)CC1)C(C(=O)N[C@@H](CC(=O)OCC)c1cc(-c2c(C)cccc2O)cc(C)c1F)c1cc(Br)ccc1F. The van der Waals surface area contributed by atoms with Crippen LogP contribution in [0.4, 0.5) is 30.7 Å². The molecule has 0 aromatic heterocycles. The maximum atomic E-state index is 16.1. The maximum Gasteiger partial charge on any atom is 0.391 e. The summed E-state index contributed by atoms with van der Waals surface area (Å²) in [5.41, 5.74) is 0.510. The maximum absolute atomic E-state index is 16.1. The van der Waals surface area contributed by atoms with Gasteiger partial charge in [0.2, 0.25) is 11.8 Å². The zero-order valence-corrected chi connectivity index (χ0v) is 31.2. The summed E-state index contributed by atoms with van der Waals surface area (Å²) < 4.78 is 107. The minimum Gasteiger partial charge on any atom is -0.507 e. The number of esters is 1. The molecular weight excluding hydrogens is 791 g/mol. The van der Waals surface area contributed by atoms with Gasteiger partial charge in [0, 0.05) is 53.3 Å². The molecule has 54 heavy (non-hydrogen) atoms. The molecule has 0 aliphatic carbocycles. The third kappa shape index (κ3) is 10.2. The number of hydrogen-bond acceptors (Lipinski definition) is 6. The second-order valence-electron chi connectivity index (χ2n) is 13.0. The molecule has 3 aromatic carbocycles. The van der Waals surface area contributed by atoms with Gasteiger partial charge in [0.1, 0.15) is 23.4 Å². The molecule has 0 radical (unpaired) electrons. The fourth-order valence-corrected chi connectivity index (χ4v) is 6.87. The summed E-state index contributed by atoms with van der Waals surface area (Å²) in [6, 6.07) is 4.97. The highest BCUT2D eigenvalue weighted by Crippen LogP contribution is 2.38. The molecule has 0 saturated carbocycles. The van der Waals surface area contributed by atoms with Crippen molar-refractivity contribution in [1.82, 2.24) is 15.1 Å². The van der Waals surface area contributed by atoms with Crippen LogP contribution in [-0.2, 0) is 19.1 Å². The molecule has 4 rings (SSSR count). The fraction of sp³-hybridized carbons (Fsp3) is 0.395. The molecule has 8 nitrogen and oxygen atoms in total. The highest BCUT2D eigenvalue weighted by molar-refractivity contribution is 9.10. The zero-order chi connectivity index (χ0) is 40.1. The molecule has 3 aromatic rings. The minimum atomic E-state index is -4.97. The number of ether oxygens (including phenoxy) is 1. The number of nitrogens with zero attached hydrogens (tertiary/aromatic N) is 2. The monoisotopic (exact) mass is 829 g/mol. The van der Waals surface area contributed by atoms with Gasteiger partial charge < -0.3 is 20.1 Å².